The van der Waals surface area contributed by atoms with E-state index in [2.05, 4.69) is 19.7 Å². The summed E-state index contributed by atoms with van der Waals surface area (Å²) in [6.07, 6.45) is 5.29. The van der Waals surface area contributed by atoms with Gasteiger partial charge in [-0.05, 0) is 66.9 Å². The van der Waals surface area contributed by atoms with Gasteiger partial charge in [0.25, 0.3) is 5.91 Å². The molecule has 4 aromatic heterocycles. The third-order valence-corrected chi connectivity index (χ3v) is 7.43. The highest BCUT2D eigenvalue weighted by Gasteiger charge is 2.15. The molecular weight excluding hydrogens is 696 g/mol. The summed E-state index contributed by atoms with van der Waals surface area (Å²) in [4.78, 5) is 72.2. The zero-order valence-electron chi connectivity index (χ0n) is 28.3. The molecule has 0 saturated heterocycles. The van der Waals surface area contributed by atoms with Gasteiger partial charge in [0.05, 0.1) is 14.2 Å². The van der Waals surface area contributed by atoms with Crippen molar-refractivity contribution in [2.75, 3.05) is 27.3 Å². The van der Waals surface area contributed by atoms with Crippen LogP contribution in [0.25, 0.3) is 21.8 Å². The Hall–Kier alpha value is -7.14. The number of carboxylic acids is 3. The lowest BCUT2D eigenvalue weighted by Gasteiger charge is -2.05. The second kappa shape index (κ2) is 17.7. The summed E-state index contributed by atoms with van der Waals surface area (Å²) in [5, 5.41) is 30.5. The normalized spacial score (nSPS) is 10.4. The van der Waals surface area contributed by atoms with Gasteiger partial charge in [0.1, 0.15) is 11.5 Å². The lowest BCUT2D eigenvalue weighted by molar-refractivity contribution is 0.0617. The van der Waals surface area contributed by atoms with E-state index in [9.17, 15) is 28.8 Å². The number of carbonyl (C=O) groups excluding carboxylic acids is 1. The molecule has 17 nitrogen and oxygen atoms in total. The van der Waals surface area contributed by atoms with E-state index in [1.807, 2.05) is 48.8 Å². The Morgan fingerprint density at radius 1 is 0.660 bits per heavy atom. The van der Waals surface area contributed by atoms with Gasteiger partial charge in [-0.2, -0.15) is 0 Å². The van der Waals surface area contributed by atoms with E-state index in [1.165, 1.54) is 10.9 Å². The number of nitrogens with two attached hydrogens (primary N) is 1. The number of hydrogen-bond donors (Lipinski definition) is 7. The first kappa shape index (κ1) is 38.7. The van der Waals surface area contributed by atoms with Crippen LogP contribution in [0.1, 0.15) is 53.3 Å². The van der Waals surface area contributed by atoms with Crippen molar-refractivity contribution in [3.63, 3.8) is 0 Å². The number of rotatable bonds is 11. The van der Waals surface area contributed by atoms with Gasteiger partial charge in [0, 0.05) is 65.0 Å². The summed E-state index contributed by atoms with van der Waals surface area (Å²) in [6.45, 7) is 0.953. The maximum absolute atomic E-state index is 12.1. The number of carbonyl (C=O) groups is 4. The molecule has 0 aliphatic heterocycles. The average molecular weight is 731 g/mol. The summed E-state index contributed by atoms with van der Waals surface area (Å²) in [5.74, 6) is -5.71. The molecule has 276 valence electrons. The number of nitrogens with one attached hydrogen (secondary N) is 3. The molecular formula is C36H34N4O13. The van der Waals surface area contributed by atoms with Crippen LogP contribution in [0.2, 0.25) is 0 Å². The average Bonchev–Trinajstić information content (AvgIpc) is 3.74. The number of methoxy groups -OCH3 is 2. The van der Waals surface area contributed by atoms with Gasteiger partial charge in [0.2, 0.25) is 17.3 Å². The lowest BCUT2D eigenvalue weighted by Crippen LogP contribution is -2.27. The maximum atomic E-state index is 12.1. The molecule has 6 rings (SSSR count). The van der Waals surface area contributed by atoms with Crippen LogP contribution in [-0.2, 0) is 12.8 Å². The molecule has 0 radical (unpaired) electrons. The Bertz CT molecular complexity index is 2350. The predicted octanol–water partition coefficient (Wildman–Crippen LogP) is 3.51. The zero-order chi connectivity index (χ0) is 38.7. The van der Waals surface area contributed by atoms with Crippen molar-refractivity contribution in [1.29, 1.82) is 0 Å². The number of ether oxygens (including phenoxy) is 2. The van der Waals surface area contributed by atoms with Crippen molar-refractivity contribution >= 4 is 45.6 Å². The fourth-order valence-corrected chi connectivity index (χ4v) is 4.92. The van der Waals surface area contributed by atoms with Crippen LogP contribution < -0.4 is 31.4 Å². The van der Waals surface area contributed by atoms with E-state index >= 15 is 0 Å². The molecule has 6 aromatic rings. The molecule has 0 aliphatic rings. The second-order valence-electron chi connectivity index (χ2n) is 11.0. The largest absolute Gasteiger partial charge is 0.497 e. The highest BCUT2D eigenvalue weighted by Crippen LogP contribution is 2.24. The Kier molecular flexibility index (Phi) is 12.9. The Labute approximate surface area is 298 Å². The Morgan fingerprint density at radius 2 is 1.08 bits per heavy atom. The van der Waals surface area contributed by atoms with Gasteiger partial charge in [0.15, 0.2) is 16.6 Å². The van der Waals surface area contributed by atoms with Gasteiger partial charge in [-0.1, -0.05) is 0 Å². The summed E-state index contributed by atoms with van der Waals surface area (Å²) in [6, 6.07) is 14.8. The van der Waals surface area contributed by atoms with Crippen molar-refractivity contribution in [3.05, 3.63) is 128 Å². The van der Waals surface area contributed by atoms with E-state index in [4.69, 9.17) is 34.9 Å². The van der Waals surface area contributed by atoms with Crippen LogP contribution in [0.15, 0.2) is 91.5 Å². The highest BCUT2D eigenvalue weighted by molar-refractivity contribution is 5.93. The molecule has 1 amide bonds. The number of aromatic carboxylic acids is 3. The monoisotopic (exact) mass is 730 g/mol. The predicted molar refractivity (Wildman–Crippen MR) is 189 cm³/mol. The van der Waals surface area contributed by atoms with Crippen LogP contribution in [0.3, 0.4) is 0 Å². The summed E-state index contributed by atoms with van der Waals surface area (Å²) in [5.41, 5.74) is 8.53. The van der Waals surface area contributed by atoms with Crippen molar-refractivity contribution in [2.45, 2.75) is 12.8 Å². The number of aromatic amines is 2. The quantitative estimate of drug-likeness (QED) is 0.100. The summed E-state index contributed by atoms with van der Waals surface area (Å²) < 4.78 is 19.7. The summed E-state index contributed by atoms with van der Waals surface area (Å²) in [7, 11) is 3.27. The molecule has 17 heteroatoms. The van der Waals surface area contributed by atoms with Crippen molar-refractivity contribution in [2.24, 2.45) is 5.73 Å². The third kappa shape index (κ3) is 10.2. The number of fused-ring (bicyclic) bond motifs is 2. The maximum Gasteiger partial charge on any atom is 0.371 e. The SMILES string of the molecule is COc1ccc2[nH]cc(CCN)c2c1.COc1ccc2[nH]cc(CCNC(=O)c3cc(=O)cc(C(=O)O)o3)c2c1.O=C(O)c1cc(=O)cc(C(=O)O)o1. The van der Waals surface area contributed by atoms with Crippen LogP contribution in [-0.4, -0.2) is 76.4 Å². The molecule has 2 aromatic carbocycles. The molecule has 53 heavy (non-hydrogen) atoms. The number of hydrogen-bond acceptors (Lipinski definition) is 11. The molecule has 4 heterocycles. The fourth-order valence-electron chi connectivity index (χ4n) is 4.92. The first-order valence-electron chi connectivity index (χ1n) is 15.6. The van der Waals surface area contributed by atoms with Gasteiger partial charge in [-0.15, -0.1) is 0 Å². The number of benzene rings is 2. The standard InChI is InChI=1S/C18H16N2O6.C11H14N2O.C7H4O6/c1-25-12-2-3-14-13(8-12)10(9-20-14)4-5-19-17(22)15-6-11(21)7-16(26-15)18(23)24;1-14-9-2-3-11-10(6-9)8(4-5-12)7-13-11;8-3-1-4(6(9)10)13-5(2-3)7(11)12/h2-3,6-9,20H,4-5H2,1H3,(H,19,22)(H,23,24);2-3,6-7,13H,4-5,12H2,1H3;1-2H,(H,9,10)(H,11,12). The molecule has 8 N–H and O–H groups in total. The van der Waals surface area contributed by atoms with Crippen LogP contribution in [0.4, 0.5) is 0 Å². The Morgan fingerprint density at radius 3 is 1.49 bits per heavy atom. The minimum Gasteiger partial charge on any atom is -0.497 e. The molecule has 0 unspecified atom stereocenters. The van der Waals surface area contributed by atoms with E-state index in [0.717, 1.165) is 52.0 Å². The topological polar surface area (TPSA) is 277 Å². The zero-order valence-corrected chi connectivity index (χ0v) is 28.3. The minimum absolute atomic E-state index is 0.282. The van der Waals surface area contributed by atoms with Gasteiger partial charge >= 0.3 is 17.9 Å². The number of carboxylic acid groups (broad SMARTS) is 3. The second-order valence-corrected chi connectivity index (χ2v) is 11.0. The van der Waals surface area contributed by atoms with E-state index in [1.54, 1.807) is 14.2 Å². The summed E-state index contributed by atoms with van der Waals surface area (Å²) >= 11 is 0. The Balaban J connectivity index is 0.000000196. The van der Waals surface area contributed by atoms with Crippen molar-refractivity contribution in [1.82, 2.24) is 15.3 Å². The smallest absolute Gasteiger partial charge is 0.371 e. The molecule has 0 atom stereocenters. The third-order valence-electron chi connectivity index (χ3n) is 7.43. The van der Waals surface area contributed by atoms with E-state index < -0.39 is 52.0 Å². The minimum atomic E-state index is -1.49. The number of H-pyrrole nitrogens is 2. The molecule has 0 fully saturated rings. The number of aromatic nitrogens is 2. The molecule has 0 saturated carbocycles. The molecule has 0 aliphatic carbocycles. The molecule has 0 bridgehead atoms. The number of amides is 1. The van der Waals surface area contributed by atoms with Gasteiger partial charge in [-0.3, -0.25) is 14.4 Å². The van der Waals surface area contributed by atoms with Gasteiger partial charge < -0.3 is 54.6 Å². The first-order valence-corrected chi connectivity index (χ1v) is 15.6. The van der Waals surface area contributed by atoms with Crippen LogP contribution >= 0.6 is 0 Å². The van der Waals surface area contributed by atoms with Crippen LogP contribution in [0.5, 0.6) is 11.5 Å². The van der Waals surface area contributed by atoms with Gasteiger partial charge in [-0.25, -0.2) is 14.4 Å². The molecule has 0 spiro atoms. The van der Waals surface area contributed by atoms with E-state index in [0.29, 0.717) is 25.1 Å². The first-order chi connectivity index (χ1) is 25.3. The van der Waals surface area contributed by atoms with Crippen molar-refractivity contribution in [3.8, 4) is 11.5 Å². The van der Waals surface area contributed by atoms with E-state index in [-0.39, 0.29) is 12.3 Å². The van der Waals surface area contributed by atoms with Crippen LogP contribution in [0, 0.1) is 0 Å². The highest BCUT2D eigenvalue weighted by atomic mass is 16.5. The fraction of sp³-hybridized carbons (Fsp3) is 0.167. The van der Waals surface area contributed by atoms with Crippen molar-refractivity contribution < 1.29 is 52.8 Å². The lowest BCUT2D eigenvalue weighted by atomic mass is 10.1.